The molecule has 1 amide bonds. The first-order chi connectivity index (χ1) is 14.0. The average molecular weight is 458 g/mol. The van der Waals surface area contributed by atoms with Gasteiger partial charge in [-0.15, -0.1) is 0 Å². The topological polar surface area (TPSA) is 76.1 Å². The SMILES string of the molecule is COc1cc(NC(=O)[C@H]2CC[C@@H](n3c(=O)[nH]c4c(Br)cccc43)CC2)ccc1C. The summed E-state index contributed by atoms with van der Waals surface area (Å²) < 4.78 is 8.06. The van der Waals surface area contributed by atoms with E-state index in [1.165, 1.54) is 0 Å². The Morgan fingerprint density at radius 1 is 1.21 bits per heavy atom. The second-order valence-electron chi connectivity index (χ2n) is 7.61. The second kappa shape index (κ2) is 8.06. The van der Waals surface area contributed by atoms with Crippen molar-refractivity contribution in [3.63, 3.8) is 0 Å². The molecule has 2 aromatic carbocycles. The number of rotatable bonds is 4. The highest BCUT2D eigenvalue weighted by Gasteiger charge is 2.29. The Hall–Kier alpha value is -2.54. The van der Waals surface area contributed by atoms with Crippen LogP contribution in [0.3, 0.4) is 0 Å². The summed E-state index contributed by atoms with van der Waals surface area (Å²) in [5.74, 6) is 0.742. The average Bonchev–Trinajstić information content (AvgIpc) is 3.07. The van der Waals surface area contributed by atoms with E-state index in [-0.39, 0.29) is 23.6 Å². The number of imidazole rings is 1. The molecular weight excluding hydrogens is 434 g/mol. The first kappa shape index (κ1) is 19.8. The van der Waals surface area contributed by atoms with Crippen molar-refractivity contribution in [2.75, 3.05) is 12.4 Å². The van der Waals surface area contributed by atoms with Gasteiger partial charge in [0.05, 0.1) is 18.1 Å². The molecule has 0 unspecified atom stereocenters. The van der Waals surface area contributed by atoms with Gasteiger partial charge in [-0.1, -0.05) is 12.1 Å². The zero-order valence-electron chi connectivity index (χ0n) is 16.5. The van der Waals surface area contributed by atoms with Crippen LogP contribution >= 0.6 is 15.9 Å². The molecule has 3 aromatic rings. The van der Waals surface area contributed by atoms with Crippen molar-refractivity contribution in [1.82, 2.24) is 9.55 Å². The molecule has 1 heterocycles. The van der Waals surface area contributed by atoms with Crippen LogP contribution in [-0.4, -0.2) is 22.6 Å². The molecule has 1 aliphatic rings. The summed E-state index contributed by atoms with van der Waals surface area (Å²) in [7, 11) is 1.63. The fraction of sp³-hybridized carbons (Fsp3) is 0.364. The summed E-state index contributed by atoms with van der Waals surface area (Å²) >= 11 is 3.50. The third kappa shape index (κ3) is 3.83. The Kier molecular flexibility index (Phi) is 5.50. The maximum atomic E-state index is 12.7. The molecule has 0 saturated heterocycles. The summed E-state index contributed by atoms with van der Waals surface area (Å²) in [4.78, 5) is 28.2. The lowest BCUT2D eigenvalue weighted by atomic mass is 9.85. The largest absolute Gasteiger partial charge is 0.496 e. The normalized spacial score (nSPS) is 19.3. The van der Waals surface area contributed by atoms with Crippen LogP contribution in [0.1, 0.15) is 37.3 Å². The number of halogens is 1. The monoisotopic (exact) mass is 457 g/mol. The third-order valence-corrected chi connectivity index (χ3v) is 6.47. The molecule has 2 N–H and O–H groups in total. The lowest BCUT2D eigenvalue weighted by Gasteiger charge is -2.28. The summed E-state index contributed by atoms with van der Waals surface area (Å²) in [5.41, 5.74) is 3.42. The number of nitrogens with zero attached hydrogens (tertiary/aromatic N) is 1. The van der Waals surface area contributed by atoms with E-state index in [0.717, 1.165) is 58.2 Å². The number of ether oxygens (including phenoxy) is 1. The highest BCUT2D eigenvalue weighted by molar-refractivity contribution is 9.10. The van der Waals surface area contributed by atoms with E-state index in [1.807, 2.05) is 47.9 Å². The van der Waals surface area contributed by atoms with Gasteiger partial charge in [-0.05, 0) is 72.3 Å². The lowest BCUT2D eigenvalue weighted by molar-refractivity contribution is -0.121. The van der Waals surface area contributed by atoms with E-state index in [9.17, 15) is 9.59 Å². The smallest absolute Gasteiger partial charge is 0.326 e. The van der Waals surface area contributed by atoms with Crippen LogP contribution in [0.15, 0.2) is 45.7 Å². The highest BCUT2D eigenvalue weighted by atomic mass is 79.9. The van der Waals surface area contributed by atoms with Crippen molar-refractivity contribution < 1.29 is 9.53 Å². The highest BCUT2D eigenvalue weighted by Crippen LogP contribution is 2.35. The number of fused-ring (bicyclic) bond motifs is 1. The number of H-pyrrole nitrogens is 1. The number of aromatic amines is 1. The van der Waals surface area contributed by atoms with Crippen molar-refractivity contribution in [1.29, 1.82) is 0 Å². The molecule has 0 atom stereocenters. The number of nitrogens with one attached hydrogen (secondary N) is 2. The van der Waals surface area contributed by atoms with Gasteiger partial charge < -0.3 is 15.0 Å². The van der Waals surface area contributed by atoms with Crippen molar-refractivity contribution in [3.05, 3.63) is 56.9 Å². The molecule has 29 heavy (non-hydrogen) atoms. The third-order valence-electron chi connectivity index (χ3n) is 5.81. The van der Waals surface area contributed by atoms with Gasteiger partial charge in [0.2, 0.25) is 5.91 Å². The van der Waals surface area contributed by atoms with E-state index >= 15 is 0 Å². The van der Waals surface area contributed by atoms with Crippen LogP contribution < -0.4 is 15.7 Å². The fourth-order valence-electron chi connectivity index (χ4n) is 4.21. The number of carbonyl (C=O) groups excluding carboxylic acids is 1. The number of methoxy groups -OCH3 is 1. The molecule has 0 spiro atoms. The lowest BCUT2D eigenvalue weighted by Crippen LogP contribution is -2.31. The van der Waals surface area contributed by atoms with Gasteiger partial charge in [0.1, 0.15) is 5.75 Å². The van der Waals surface area contributed by atoms with Crippen LogP contribution in [0.25, 0.3) is 11.0 Å². The summed E-state index contributed by atoms with van der Waals surface area (Å²) in [5, 5.41) is 3.01. The standard InChI is InChI=1S/C22H24BrN3O3/c1-13-6-9-15(12-19(13)29-2)24-21(27)14-7-10-16(11-8-14)26-18-5-3-4-17(23)20(18)25-22(26)28/h3-6,9,12,14,16H,7-8,10-11H2,1-2H3,(H,24,27)(H,25,28)/t14-,16+. The molecule has 1 fully saturated rings. The summed E-state index contributed by atoms with van der Waals surface area (Å²) in [6.07, 6.45) is 3.11. The number of benzene rings is 2. The molecule has 1 aliphatic carbocycles. The first-order valence-corrected chi connectivity index (χ1v) is 10.6. The molecular formula is C22H24BrN3O3. The molecule has 6 nitrogen and oxygen atoms in total. The molecule has 0 bridgehead atoms. The Balaban J connectivity index is 1.45. The molecule has 7 heteroatoms. The minimum absolute atomic E-state index is 0.0309. The van der Waals surface area contributed by atoms with Crippen molar-refractivity contribution in [3.8, 4) is 5.75 Å². The van der Waals surface area contributed by atoms with Gasteiger partial charge in [0.15, 0.2) is 0 Å². The van der Waals surface area contributed by atoms with E-state index in [0.29, 0.717) is 0 Å². The quantitative estimate of drug-likeness (QED) is 0.591. The van der Waals surface area contributed by atoms with Gasteiger partial charge in [0.25, 0.3) is 0 Å². The van der Waals surface area contributed by atoms with E-state index < -0.39 is 0 Å². The summed E-state index contributed by atoms with van der Waals surface area (Å²) in [6, 6.07) is 11.6. The number of aryl methyl sites for hydroxylation is 1. The van der Waals surface area contributed by atoms with E-state index in [4.69, 9.17) is 4.74 Å². The number of anilines is 1. The van der Waals surface area contributed by atoms with Gasteiger partial charge in [-0.25, -0.2) is 4.79 Å². The van der Waals surface area contributed by atoms with Crippen LogP contribution in [0.2, 0.25) is 0 Å². The van der Waals surface area contributed by atoms with Crippen molar-refractivity contribution in [2.24, 2.45) is 5.92 Å². The number of para-hydroxylation sites is 1. The zero-order valence-corrected chi connectivity index (χ0v) is 18.1. The van der Waals surface area contributed by atoms with E-state index in [1.54, 1.807) is 7.11 Å². The van der Waals surface area contributed by atoms with Gasteiger partial charge in [-0.2, -0.15) is 0 Å². The molecule has 1 saturated carbocycles. The number of amides is 1. The van der Waals surface area contributed by atoms with Crippen LogP contribution in [-0.2, 0) is 4.79 Å². The van der Waals surface area contributed by atoms with Gasteiger partial charge >= 0.3 is 5.69 Å². The Labute approximate surface area is 177 Å². The minimum atomic E-state index is -0.0912. The van der Waals surface area contributed by atoms with E-state index in [2.05, 4.69) is 26.2 Å². The number of carbonyl (C=O) groups is 1. The fourth-order valence-corrected chi connectivity index (χ4v) is 4.67. The maximum Gasteiger partial charge on any atom is 0.326 e. The minimum Gasteiger partial charge on any atom is -0.496 e. The molecule has 152 valence electrons. The Morgan fingerprint density at radius 2 is 1.97 bits per heavy atom. The van der Waals surface area contributed by atoms with Crippen LogP contribution in [0, 0.1) is 12.8 Å². The predicted octanol–water partition coefficient (Wildman–Crippen LogP) is 4.78. The number of hydrogen-bond acceptors (Lipinski definition) is 3. The van der Waals surface area contributed by atoms with Crippen LogP contribution in [0.4, 0.5) is 5.69 Å². The van der Waals surface area contributed by atoms with Crippen molar-refractivity contribution in [2.45, 2.75) is 38.6 Å². The number of aromatic nitrogens is 2. The number of hydrogen-bond donors (Lipinski definition) is 2. The van der Waals surface area contributed by atoms with Gasteiger partial charge in [-0.3, -0.25) is 9.36 Å². The molecule has 1 aromatic heterocycles. The zero-order chi connectivity index (χ0) is 20.5. The van der Waals surface area contributed by atoms with Crippen LogP contribution in [0.5, 0.6) is 5.75 Å². The Bertz CT molecular complexity index is 1110. The molecule has 0 aliphatic heterocycles. The Morgan fingerprint density at radius 3 is 2.69 bits per heavy atom. The maximum absolute atomic E-state index is 12.7. The summed E-state index contributed by atoms with van der Waals surface area (Å²) in [6.45, 7) is 1.97. The predicted molar refractivity (Wildman–Crippen MR) is 118 cm³/mol. The first-order valence-electron chi connectivity index (χ1n) is 9.82. The molecule has 0 radical (unpaired) electrons. The van der Waals surface area contributed by atoms with Crippen molar-refractivity contribution >= 4 is 38.6 Å². The second-order valence-corrected chi connectivity index (χ2v) is 8.47. The van der Waals surface area contributed by atoms with Gasteiger partial charge in [0, 0.05) is 28.2 Å². The molecule has 4 rings (SSSR count).